The lowest BCUT2D eigenvalue weighted by Crippen LogP contribution is -3.00. The normalized spacial score (nSPS) is 8.00. The van der Waals surface area contributed by atoms with Crippen LogP contribution in [-0.2, 0) is 6.54 Å². The van der Waals surface area contributed by atoms with Crippen LogP contribution in [0.2, 0.25) is 0 Å². The zero-order chi connectivity index (χ0) is 8.10. The van der Waals surface area contributed by atoms with Crippen molar-refractivity contribution >= 4 is 0 Å². The minimum absolute atomic E-state index is 0. The van der Waals surface area contributed by atoms with Gasteiger partial charge in [-0.05, 0) is 24.3 Å². The van der Waals surface area contributed by atoms with Crippen LogP contribution in [0.5, 0.6) is 5.75 Å². The van der Waals surface area contributed by atoms with Crippen LogP contribution in [0.1, 0.15) is 5.56 Å². The quantitative estimate of drug-likeness (QED) is 0.556. The van der Waals surface area contributed by atoms with Crippen molar-refractivity contribution in [1.29, 1.82) is 5.39 Å². The van der Waals surface area contributed by atoms with Crippen molar-refractivity contribution < 1.29 is 17.1 Å². The van der Waals surface area contributed by atoms with Gasteiger partial charge in [0.2, 0.25) is 5.39 Å². The van der Waals surface area contributed by atoms with Crippen LogP contribution >= 0.6 is 0 Å². The fraction of sp³-hybridized carbons (Fsp3) is 0.250. The molecule has 1 aromatic rings. The largest absolute Gasteiger partial charge is 1.00 e. The maximum atomic E-state index is 8.24. The van der Waals surface area contributed by atoms with E-state index in [0.717, 1.165) is 11.3 Å². The maximum Gasteiger partial charge on any atom is 0.330 e. The van der Waals surface area contributed by atoms with Crippen molar-refractivity contribution in [2.24, 2.45) is 0 Å². The van der Waals surface area contributed by atoms with Gasteiger partial charge in [0.1, 0.15) is 10.7 Å². The summed E-state index contributed by atoms with van der Waals surface area (Å²) < 4.78 is 4.95. The molecule has 0 spiro atoms. The highest BCUT2D eigenvalue weighted by Gasteiger charge is 1.98. The number of rotatable bonds is 2. The van der Waals surface area contributed by atoms with Crippen LogP contribution < -0.4 is 17.1 Å². The lowest BCUT2D eigenvalue weighted by atomic mass is 10.2. The molecule has 0 amide bonds. The molecule has 1 rings (SSSR count). The molecule has 3 nitrogen and oxygen atoms in total. The van der Waals surface area contributed by atoms with Crippen LogP contribution in [0.4, 0.5) is 0 Å². The third-order valence-corrected chi connectivity index (χ3v) is 1.41. The predicted molar refractivity (Wildman–Crippen MR) is 41.8 cm³/mol. The average Bonchev–Trinajstić information content (AvgIpc) is 2.07. The number of diazo groups is 1. The predicted octanol–water partition coefficient (Wildman–Crippen LogP) is -0.948. The van der Waals surface area contributed by atoms with Crippen molar-refractivity contribution in [1.82, 2.24) is 0 Å². The van der Waals surface area contributed by atoms with E-state index in [1.807, 2.05) is 24.3 Å². The third-order valence-electron chi connectivity index (χ3n) is 1.41. The molecule has 0 aliphatic carbocycles. The molecular formula is C8H9ClN2O. The molecule has 0 radical (unpaired) electrons. The summed E-state index contributed by atoms with van der Waals surface area (Å²) in [5, 5.41) is 8.24. The Balaban J connectivity index is 0.00000121. The van der Waals surface area contributed by atoms with E-state index in [1.54, 1.807) is 7.11 Å². The van der Waals surface area contributed by atoms with Gasteiger partial charge in [0, 0.05) is 5.56 Å². The summed E-state index contributed by atoms with van der Waals surface area (Å²) in [6.45, 7) is 0.337. The Bertz CT molecular complexity index is 265. The molecule has 0 fully saturated rings. The van der Waals surface area contributed by atoms with Crippen LogP contribution in [0.25, 0.3) is 4.98 Å². The number of nitrogens with zero attached hydrogens (tertiary/aromatic N) is 2. The zero-order valence-corrected chi connectivity index (χ0v) is 7.45. The van der Waals surface area contributed by atoms with E-state index in [1.165, 1.54) is 0 Å². The fourth-order valence-electron chi connectivity index (χ4n) is 0.813. The number of hydrogen-bond donors (Lipinski definition) is 0. The van der Waals surface area contributed by atoms with Gasteiger partial charge in [-0.25, -0.2) is 0 Å². The molecule has 1 aromatic carbocycles. The first kappa shape index (κ1) is 10.7. The van der Waals surface area contributed by atoms with Gasteiger partial charge in [0.25, 0.3) is 0 Å². The molecule has 0 aromatic heterocycles. The summed E-state index contributed by atoms with van der Waals surface area (Å²) in [6.07, 6.45) is 0. The fourth-order valence-corrected chi connectivity index (χ4v) is 0.813. The second-order valence-electron chi connectivity index (χ2n) is 2.15. The van der Waals surface area contributed by atoms with Gasteiger partial charge in [-0.15, -0.1) is 0 Å². The summed E-state index contributed by atoms with van der Waals surface area (Å²) in [5.74, 6) is 0.812. The molecule has 0 aliphatic rings. The standard InChI is InChI=1S/C8H9N2O.ClH/c1-11-8-4-2-7(3-5-8)6-10-9;/h2-5H,6H2,1H3;1H/q+1;/p-1. The topological polar surface area (TPSA) is 37.4 Å². The van der Waals surface area contributed by atoms with E-state index in [9.17, 15) is 0 Å². The van der Waals surface area contributed by atoms with Crippen molar-refractivity contribution in [2.75, 3.05) is 7.11 Å². The first-order chi connectivity index (χ1) is 5.36. The van der Waals surface area contributed by atoms with E-state index in [4.69, 9.17) is 10.1 Å². The first-order valence-electron chi connectivity index (χ1n) is 3.30. The van der Waals surface area contributed by atoms with Crippen LogP contribution in [0.3, 0.4) is 0 Å². The second kappa shape index (κ2) is 5.39. The Labute approximate surface area is 77.4 Å². The average molecular weight is 185 g/mol. The van der Waals surface area contributed by atoms with Crippen LogP contribution in [0.15, 0.2) is 24.3 Å². The van der Waals surface area contributed by atoms with Gasteiger partial charge in [-0.2, -0.15) is 0 Å². The van der Waals surface area contributed by atoms with E-state index < -0.39 is 0 Å². The van der Waals surface area contributed by atoms with E-state index in [2.05, 4.69) is 4.98 Å². The second-order valence-corrected chi connectivity index (χ2v) is 2.15. The lowest BCUT2D eigenvalue weighted by molar-refractivity contribution is -0.00000286. The smallest absolute Gasteiger partial charge is 0.330 e. The van der Waals surface area contributed by atoms with Gasteiger partial charge in [-0.3, -0.25) is 0 Å². The molecule has 0 bridgehead atoms. The Morgan fingerprint density at radius 1 is 1.33 bits per heavy atom. The molecule has 0 aliphatic heterocycles. The number of ether oxygens (including phenoxy) is 1. The molecule has 0 atom stereocenters. The Morgan fingerprint density at radius 2 is 1.92 bits per heavy atom. The molecule has 4 heteroatoms. The van der Waals surface area contributed by atoms with Gasteiger partial charge < -0.3 is 17.1 Å². The SMILES string of the molecule is COc1ccc(C[N+]#N)cc1.[Cl-]. The third kappa shape index (κ3) is 2.77. The highest BCUT2D eigenvalue weighted by atomic mass is 35.5. The van der Waals surface area contributed by atoms with E-state index in [0.29, 0.717) is 6.54 Å². The molecule has 12 heavy (non-hydrogen) atoms. The van der Waals surface area contributed by atoms with E-state index >= 15 is 0 Å². The highest BCUT2D eigenvalue weighted by Crippen LogP contribution is 2.11. The Morgan fingerprint density at radius 3 is 2.33 bits per heavy atom. The van der Waals surface area contributed by atoms with Gasteiger partial charge in [0.15, 0.2) is 0 Å². The van der Waals surface area contributed by atoms with Crippen molar-refractivity contribution in [3.8, 4) is 5.75 Å². The molecule has 0 N–H and O–H groups in total. The van der Waals surface area contributed by atoms with Crippen molar-refractivity contribution in [3.05, 3.63) is 34.8 Å². The number of hydrogen-bond acceptors (Lipinski definition) is 2. The zero-order valence-electron chi connectivity index (χ0n) is 6.70. The maximum absolute atomic E-state index is 8.24. The molecule has 64 valence electrons. The Hall–Kier alpha value is -1.27. The molecule has 0 saturated carbocycles. The number of benzene rings is 1. The molecule has 0 unspecified atom stereocenters. The first-order valence-corrected chi connectivity index (χ1v) is 3.30. The summed E-state index contributed by atoms with van der Waals surface area (Å²) in [6, 6.07) is 7.39. The van der Waals surface area contributed by atoms with Gasteiger partial charge in [0.05, 0.1) is 7.11 Å². The van der Waals surface area contributed by atoms with Crippen molar-refractivity contribution in [3.63, 3.8) is 0 Å². The van der Waals surface area contributed by atoms with Gasteiger partial charge >= 0.3 is 6.54 Å². The summed E-state index contributed by atoms with van der Waals surface area (Å²) in [4.78, 5) is 3.02. The Kier molecular flexibility index (Phi) is 4.82. The molecule has 0 saturated heterocycles. The molecule has 0 heterocycles. The minimum Gasteiger partial charge on any atom is -1.00 e. The summed E-state index contributed by atoms with van der Waals surface area (Å²) in [7, 11) is 1.62. The van der Waals surface area contributed by atoms with E-state index in [-0.39, 0.29) is 12.4 Å². The van der Waals surface area contributed by atoms with Crippen molar-refractivity contribution in [2.45, 2.75) is 6.54 Å². The number of halogens is 1. The number of methoxy groups -OCH3 is 1. The monoisotopic (exact) mass is 184 g/mol. The highest BCUT2D eigenvalue weighted by molar-refractivity contribution is 5.27. The van der Waals surface area contributed by atoms with Crippen LogP contribution in [-0.4, -0.2) is 7.11 Å². The van der Waals surface area contributed by atoms with Gasteiger partial charge in [-0.1, -0.05) is 0 Å². The summed E-state index contributed by atoms with van der Waals surface area (Å²) >= 11 is 0. The minimum atomic E-state index is 0. The van der Waals surface area contributed by atoms with Crippen LogP contribution in [0, 0.1) is 5.39 Å². The lowest BCUT2D eigenvalue weighted by Gasteiger charge is -1.96. The summed E-state index contributed by atoms with van der Waals surface area (Å²) in [5.41, 5.74) is 0.966. The molecular weight excluding hydrogens is 176 g/mol.